The Hall–Kier alpha value is -3.06. The number of amides is 1. The van der Waals surface area contributed by atoms with E-state index in [1.54, 1.807) is 48.5 Å². The predicted octanol–water partition coefficient (Wildman–Crippen LogP) is 6.24. The first-order valence-corrected chi connectivity index (χ1v) is 9.96. The van der Waals surface area contributed by atoms with Gasteiger partial charge in [-0.15, -0.1) is 0 Å². The van der Waals surface area contributed by atoms with Gasteiger partial charge < -0.3 is 14.8 Å². The molecule has 1 amide bonds. The molecule has 4 aromatic rings. The molecule has 0 spiro atoms. The number of carbonyl (C=O) groups is 1. The molecule has 0 fully saturated rings. The quantitative estimate of drug-likeness (QED) is 0.318. The summed E-state index contributed by atoms with van der Waals surface area (Å²) in [6, 6.07) is 18.8. The third kappa shape index (κ3) is 4.26. The Bertz CT molecular complexity index is 1290. The van der Waals surface area contributed by atoms with Crippen molar-refractivity contribution in [2.75, 3.05) is 5.32 Å². The van der Waals surface area contributed by atoms with E-state index in [1.165, 1.54) is 0 Å². The van der Waals surface area contributed by atoms with Crippen molar-refractivity contribution >= 4 is 62.9 Å². The predicted molar refractivity (Wildman–Crippen MR) is 123 cm³/mol. The zero-order valence-electron chi connectivity index (χ0n) is 15.3. The Morgan fingerprint density at radius 1 is 0.967 bits per heavy atom. The molecule has 3 N–H and O–H groups in total. The minimum absolute atomic E-state index is 0.100. The monoisotopic (exact) mass is 456 g/mol. The van der Waals surface area contributed by atoms with Crippen LogP contribution in [0.5, 0.6) is 5.75 Å². The van der Waals surface area contributed by atoms with Crippen molar-refractivity contribution in [2.45, 2.75) is 0 Å². The van der Waals surface area contributed by atoms with Crippen molar-refractivity contribution in [3.05, 3.63) is 82.5 Å². The van der Waals surface area contributed by atoms with Gasteiger partial charge in [0.15, 0.2) is 10.9 Å². The molecule has 0 aliphatic carbocycles. The number of benzene rings is 3. The van der Waals surface area contributed by atoms with E-state index >= 15 is 0 Å². The van der Waals surface area contributed by atoms with Gasteiger partial charge in [-0.05, 0) is 72.2 Å². The summed E-state index contributed by atoms with van der Waals surface area (Å²) in [4.78, 5) is 12.5. The second-order valence-corrected chi connectivity index (χ2v) is 7.63. The maximum absolute atomic E-state index is 12.5. The smallest absolute Gasteiger partial charge is 0.293 e. The third-order valence-electron chi connectivity index (χ3n) is 4.37. The number of phenolic OH excluding ortho intramolecular Hbond substituents is 1. The molecule has 8 heteroatoms. The SMILES string of the molecule is O=C(NC(=S)Nc1cccc2cc(O)ccc12)c1ccc(-c2ccc(Cl)c(Cl)c2)o1. The van der Waals surface area contributed by atoms with Gasteiger partial charge in [0.1, 0.15) is 11.5 Å². The van der Waals surface area contributed by atoms with Crippen LogP contribution in [-0.4, -0.2) is 16.1 Å². The fourth-order valence-electron chi connectivity index (χ4n) is 2.96. The highest BCUT2D eigenvalue weighted by Gasteiger charge is 2.15. The Morgan fingerprint density at radius 2 is 1.80 bits per heavy atom. The van der Waals surface area contributed by atoms with E-state index in [-0.39, 0.29) is 16.6 Å². The van der Waals surface area contributed by atoms with Gasteiger partial charge in [-0.25, -0.2) is 0 Å². The second-order valence-electron chi connectivity index (χ2n) is 6.41. The maximum atomic E-state index is 12.5. The van der Waals surface area contributed by atoms with E-state index < -0.39 is 5.91 Å². The summed E-state index contributed by atoms with van der Waals surface area (Å²) in [6.07, 6.45) is 0. The number of rotatable bonds is 3. The lowest BCUT2D eigenvalue weighted by molar-refractivity contribution is 0.0951. The molecule has 0 aliphatic rings. The molecule has 1 aromatic heterocycles. The lowest BCUT2D eigenvalue weighted by Crippen LogP contribution is -2.33. The summed E-state index contributed by atoms with van der Waals surface area (Å²) >= 11 is 17.2. The van der Waals surface area contributed by atoms with Crippen molar-refractivity contribution in [3.63, 3.8) is 0 Å². The second kappa shape index (κ2) is 8.36. The number of carbonyl (C=O) groups excluding carboxylic acids is 1. The van der Waals surface area contributed by atoms with Crippen LogP contribution in [0, 0.1) is 0 Å². The summed E-state index contributed by atoms with van der Waals surface area (Å²) in [7, 11) is 0. The average molecular weight is 457 g/mol. The number of nitrogens with one attached hydrogen (secondary N) is 2. The first-order valence-electron chi connectivity index (χ1n) is 8.80. The number of hydrogen-bond acceptors (Lipinski definition) is 4. The Balaban J connectivity index is 1.47. The zero-order chi connectivity index (χ0) is 21.3. The van der Waals surface area contributed by atoms with Crippen LogP contribution in [-0.2, 0) is 0 Å². The largest absolute Gasteiger partial charge is 0.508 e. The van der Waals surface area contributed by atoms with Crippen LogP contribution < -0.4 is 10.6 Å². The van der Waals surface area contributed by atoms with Gasteiger partial charge >= 0.3 is 0 Å². The van der Waals surface area contributed by atoms with E-state index in [2.05, 4.69) is 10.6 Å². The number of fused-ring (bicyclic) bond motifs is 1. The van der Waals surface area contributed by atoms with Gasteiger partial charge in [-0.3, -0.25) is 10.1 Å². The number of hydrogen-bond donors (Lipinski definition) is 3. The number of thiocarbonyl (C=S) groups is 1. The summed E-state index contributed by atoms with van der Waals surface area (Å²) in [5, 5.41) is 17.9. The number of phenols is 1. The highest BCUT2D eigenvalue weighted by molar-refractivity contribution is 7.80. The first kappa shape index (κ1) is 20.2. The molecule has 1 heterocycles. The number of anilines is 1. The van der Waals surface area contributed by atoms with E-state index in [4.69, 9.17) is 39.8 Å². The van der Waals surface area contributed by atoms with Gasteiger partial charge in [0, 0.05) is 16.6 Å². The molecule has 0 aliphatic heterocycles. The van der Waals surface area contributed by atoms with Crippen molar-refractivity contribution in [2.24, 2.45) is 0 Å². The molecule has 4 rings (SSSR count). The van der Waals surface area contributed by atoms with E-state index in [0.717, 1.165) is 10.8 Å². The molecule has 0 atom stereocenters. The minimum Gasteiger partial charge on any atom is -0.508 e. The van der Waals surface area contributed by atoms with Crippen LogP contribution in [0.3, 0.4) is 0 Å². The molecular formula is C22H14Cl2N2O3S. The van der Waals surface area contributed by atoms with Crippen LogP contribution in [0.4, 0.5) is 5.69 Å². The van der Waals surface area contributed by atoms with Crippen molar-refractivity contribution < 1.29 is 14.3 Å². The molecule has 5 nitrogen and oxygen atoms in total. The zero-order valence-corrected chi connectivity index (χ0v) is 17.6. The summed E-state index contributed by atoms with van der Waals surface area (Å²) < 4.78 is 5.63. The molecule has 0 unspecified atom stereocenters. The average Bonchev–Trinajstić information content (AvgIpc) is 3.20. The topological polar surface area (TPSA) is 74.5 Å². The van der Waals surface area contributed by atoms with Crippen LogP contribution >= 0.6 is 35.4 Å². The Morgan fingerprint density at radius 3 is 2.60 bits per heavy atom. The lowest BCUT2D eigenvalue weighted by Gasteiger charge is -2.11. The van der Waals surface area contributed by atoms with Gasteiger partial charge in [-0.2, -0.15) is 0 Å². The highest BCUT2D eigenvalue weighted by atomic mass is 35.5. The summed E-state index contributed by atoms with van der Waals surface area (Å²) in [6.45, 7) is 0. The molecular weight excluding hydrogens is 443 g/mol. The molecule has 0 saturated carbocycles. The van der Waals surface area contributed by atoms with Crippen LogP contribution in [0.25, 0.3) is 22.1 Å². The van der Waals surface area contributed by atoms with Gasteiger partial charge in [0.05, 0.1) is 10.0 Å². The summed E-state index contributed by atoms with van der Waals surface area (Å²) in [5.74, 6) is 0.261. The van der Waals surface area contributed by atoms with Crippen LogP contribution in [0.2, 0.25) is 10.0 Å². The number of halogens is 2. The van der Waals surface area contributed by atoms with Gasteiger partial charge in [-0.1, -0.05) is 35.3 Å². The van der Waals surface area contributed by atoms with Crippen LogP contribution in [0.15, 0.2) is 71.1 Å². The maximum Gasteiger partial charge on any atom is 0.293 e. The normalized spacial score (nSPS) is 10.7. The standard InChI is InChI=1S/C22H14Cl2N2O3S/c23-16-7-4-13(11-17(16)24)19-8-9-20(29-19)21(28)26-22(30)25-18-3-1-2-12-10-14(27)5-6-15(12)18/h1-11,27H,(H2,25,26,28,30). The van der Waals surface area contributed by atoms with Gasteiger partial charge in [0.25, 0.3) is 5.91 Å². The Kier molecular flexibility index (Phi) is 5.63. The first-order chi connectivity index (χ1) is 14.4. The number of furan rings is 1. The molecule has 0 saturated heterocycles. The molecule has 0 bridgehead atoms. The molecule has 30 heavy (non-hydrogen) atoms. The highest BCUT2D eigenvalue weighted by Crippen LogP contribution is 2.30. The lowest BCUT2D eigenvalue weighted by atomic mass is 10.1. The van der Waals surface area contributed by atoms with Crippen molar-refractivity contribution in [3.8, 4) is 17.1 Å². The number of aromatic hydroxyl groups is 1. The summed E-state index contributed by atoms with van der Waals surface area (Å²) in [5.41, 5.74) is 1.40. The molecule has 0 radical (unpaired) electrons. The van der Waals surface area contributed by atoms with Crippen molar-refractivity contribution in [1.82, 2.24) is 5.32 Å². The fraction of sp³-hybridized carbons (Fsp3) is 0. The van der Waals surface area contributed by atoms with Crippen LogP contribution in [0.1, 0.15) is 10.6 Å². The van der Waals surface area contributed by atoms with Gasteiger partial charge in [0.2, 0.25) is 0 Å². The fourth-order valence-corrected chi connectivity index (χ4v) is 3.46. The van der Waals surface area contributed by atoms with Crippen molar-refractivity contribution in [1.29, 1.82) is 0 Å². The molecule has 3 aromatic carbocycles. The van der Waals surface area contributed by atoms with E-state index in [0.29, 0.717) is 27.1 Å². The van der Waals surface area contributed by atoms with E-state index in [9.17, 15) is 9.90 Å². The van der Waals surface area contributed by atoms with E-state index in [1.807, 2.05) is 18.2 Å². The Labute approximate surface area is 187 Å². The molecule has 150 valence electrons. The minimum atomic E-state index is -0.489. The third-order valence-corrected chi connectivity index (χ3v) is 5.32.